The zero-order valence-corrected chi connectivity index (χ0v) is 20.8. The van der Waals surface area contributed by atoms with Gasteiger partial charge in [-0.15, -0.1) is 23.2 Å². The van der Waals surface area contributed by atoms with E-state index in [1.165, 1.54) is 6.92 Å². The Morgan fingerprint density at radius 2 is 1.59 bits per heavy atom. The number of ether oxygens (including phenoxy) is 1. The molecule has 1 aromatic carbocycles. The molecule has 0 aromatic heterocycles. The minimum atomic E-state index is -0.816. The summed E-state index contributed by atoms with van der Waals surface area (Å²) in [7, 11) is 0. The van der Waals surface area contributed by atoms with Gasteiger partial charge in [-0.3, -0.25) is 9.59 Å². The van der Waals surface area contributed by atoms with Crippen LogP contribution >= 0.6 is 23.2 Å². The first-order valence-corrected chi connectivity index (χ1v) is 12.0. The smallest absolute Gasteiger partial charge is 0.328 e. The number of carbonyl (C=O) groups is 3. The number of rotatable bonds is 14. The molecule has 2 atom stereocenters. The summed E-state index contributed by atoms with van der Waals surface area (Å²) in [4.78, 5) is 39.0. The molecular formula is C23H35Cl2N3O4. The molecule has 180 valence electrons. The van der Waals surface area contributed by atoms with Crippen molar-refractivity contribution in [3.63, 3.8) is 0 Å². The minimum absolute atomic E-state index is 0.181. The monoisotopic (exact) mass is 487 g/mol. The van der Waals surface area contributed by atoms with Gasteiger partial charge in [0.15, 0.2) is 0 Å². The van der Waals surface area contributed by atoms with E-state index in [4.69, 9.17) is 27.9 Å². The predicted molar refractivity (Wildman–Crippen MR) is 129 cm³/mol. The molecule has 32 heavy (non-hydrogen) atoms. The molecule has 2 unspecified atom stereocenters. The third kappa shape index (κ3) is 10.1. The van der Waals surface area contributed by atoms with Gasteiger partial charge in [-0.25, -0.2) is 4.79 Å². The van der Waals surface area contributed by atoms with Crippen LogP contribution in [0.5, 0.6) is 0 Å². The van der Waals surface area contributed by atoms with Crippen molar-refractivity contribution in [2.45, 2.75) is 52.6 Å². The van der Waals surface area contributed by atoms with Crippen LogP contribution in [0.15, 0.2) is 24.3 Å². The van der Waals surface area contributed by atoms with Crippen molar-refractivity contribution in [3.8, 4) is 0 Å². The molecule has 0 aliphatic carbocycles. The molecule has 1 rings (SSSR count). The van der Waals surface area contributed by atoms with Crippen LogP contribution in [0.3, 0.4) is 0 Å². The van der Waals surface area contributed by atoms with Gasteiger partial charge in [0, 0.05) is 43.9 Å². The van der Waals surface area contributed by atoms with E-state index in [1.54, 1.807) is 6.92 Å². The minimum Gasteiger partial charge on any atom is -0.464 e. The number of hydrogen-bond acceptors (Lipinski definition) is 5. The third-order valence-electron chi connectivity index (χ3n) is 4.74. The highest BCUT2D eigenvalue weighted by Crippen LogP contribution is 2.17. The van der Waals surface area contributed by atoms with E-state index in [-0.39, 0.29) is 24.9 Å². The maximum Gasteiger partial charge on any atom is 0.328 e. The van der Waals surface area contributed by atoms with Gasteiger partial charge in [0.2, 0.25) is 11.8 Å². The van der Waals surface area contributed by atoms with Crippen molar-refractivity contribution in [2.24, 2.45) is 5.92 Å². The van der Waals surface area contributed by atoms with E-state index in [9.17, 15) is 14.4 Å². The van der Waals surface area contributed by atoms with Crippen LogP contribution in [0, 0.1) is 5.92 Å². The van der Waals surface area contributed by atoms with Gasteiger partial charge >= 0.3 is 5.97 Å². The van der Waals surface area contributed by atoms with Crippen LogP contribution in [-0.4, -0.2) is 61.3 Å². The fourth-order valence-corrected chi connectivity index (χ4v) is 3.72. The first-order chi connectivity index (χ1) is 15.2. The SMILES string of the molecule is CCOC(=O)C(CC(C)C)NC(=O)C(Cc1ccc(N(CCCl)CCCl)cc1)NC(C)=O. The Hall–Kier alpha value is -1.99. The summed E-state index contributed by atoms with van der Waals surface area (Å²) in [6, 6.07) is 6.12. The Kier molecular flexibility index (Phi) is 13.1. The first-order valence-electron chi connectivity index (χ1n) is 10.9. The molecule has 0 saturated carbocycles. The third-order valence-corrected chi connectivity index (χ3v) is 5.08. The van der Waals surface area contributed by atoms with Crippen LogP contribution in [0.4, 0.5) is 5.69 Å². The summed E-state index contributed by atoms with van der Waals surface area (Å²) in [6.45, 7) is 8.58. The van der Waals surface area contributed by atoms with Crippen LogP contribution in [-0.2, 0) is 25.5 Å². The number of alkyl halides is 2. The molecule has 2 N–H and O–H groups in total. The lowest BCUT2D eigenvalue weighted by atomic mass is 10.0. The van der Waals surface area contributed by atoms with Gasteiger partial charge in [-0.1, -0.05) is 26.0 Å². The highest BCUT2D eigenvalue weighted by molar-refractivity contribution is 6.18. The Morgan fingerprint density at radius 1 is 1.00 bits per heavy atom. The highest BCUT2D eigenvalue weighted by Gasteiger charge is 2.28. The quantitative estimate of drug-likeness (QED) is 0.311. The average Bonchev–Trinajstić information content (AvgIpc) is 2.72. The molecule has 0 saturated heterocycles. The van der Waals surface area contributed by atoms with E-state index in [0.29, 0.717) is 31.3 Å². The second-order valence-electron chi connectivity index (χ2n) is 7.93. The topological polar surface area (TPSA) is 87.7 Å². The number of esters is 1. The van der Waals surface area contributed by atoms with Crippen molar-refractivity contribution < 1.29 is 19.1 Å². The van der Waals surface area contributed by atoms with E-state index >= 15 is 0 Å². The Bertz CT molecular complexity index is 722. The Morgan fingerprint density at radius 3 is 2.06 bits per heavy atom. The zero-order valence-electron chi connectivity index (χ0n) is 19.3. The van der Waals surface area contributed by atoms with Crippen molar-refractivity contribution in [3.05, 3.63) is 29.8 Å². The summed E-state index contributed by atoms with van der Waals surface area (Å²) in [5, 5.41) is 5.44. The van der Waals surface area contributed by atoms with Crippen LogP contribution < -0.4 is 15.5 Å². The number of benzene rings is 1. The van der Waals surface area contributed by atoms with E-state index < -0.39 is 24.0 Å². The molecule has 9 heteroatoms. The molecule has 0 aliphatic heterocycles. The molecule has 1 aromatic rings. The summed E-state index contributed by atoms with van der Waals surface area (Å²) < 4.78 is 5.10. The average molecular weight is 488 g/mol. The van der Waals surface area contributed by atoms with Crippen LogP contribution in [0.25, 0.3) is 0 Å². The molecule has 2 amide bonds. The summed E-state index contributed by atoms with van der Waals surface area (Å²) in [6.07, 6.45) is 0.733. The van der Waals surface area contributed by atoms with E-state index in [2.05, 4.69) is 15.5 Å². The van der Waals surface area contributed by atoms with E-state index in [0.717, 1.165) is 11.3 Å². The number of halogens is 2. The van der Waals surface area contributed by atoms with Crippen molar-refractivity contribution in [1.29, 1.82) is 0 Å². The number of amides is 2. The lowest BCUT2D eigenvalue weighted by molar-refractivity contribution is -0.148. The summed E-state index contributed by atoms with van der Waals surface area (Å²) >= 11 is 11.8. The molecule has 0 bridgehead atoms. The summed E-state index contributed by atoms with van der Waals surface area (Å²) in [5.41, 5.74) is 1.85. The fraction of sp³-hybridized carbons (Fsp3) is 0.609. The second kappa shape index (κ2) is 15.0. The Balaban J connectivity index is 2.96. The van der Waals surface area contributed by atoms with Gasteiger partial charge in [0.1, 0.15) is 12.1 Å². The Labute approximate surface area is 201 Å². The molecule has 0 heterocycles. The lowest BCUT2D eigenvalue weighted by Gasteiger charge is -2.24. The van der Waals surface area contributed by atoms with Gasteiger partial charge in [0.05, 0.1) is 6.61 Å². The molecule has 0 radical (unpaired) electrons. The number of nitrogens with one attached hydrogen (secondary N) is 2. The molecule has 0 spiro atoms. The van der Waals surface area contributed by atoms with Crippen molar-refractivity contribution >= 4 is 46.7 Å². The molecule has 7 nitrogen and oxygen atoms in total. The zero-order chi connectivity index (χ0) is 24.1. The number of nitrogens with zero attached hydrogens (tertiary/aromatic N) is 1. The van der Waals surface area contributed by atoms with Crippen molar-refractivity contribution in [1.82, 2.24) is 10.6 Å². The second-order valence-corrected chi connectivity index (χ2v) is 8.69. The van der Waals surface area contributed by atoms with Gasteiger partial charge in [-0.05, 0) is 37.0 Å². The predicted octanol–water partition coefficient (Wildman–Crippen LogP) is 3.11. The maximum atomic E-state index is 13.0. The number of hydrogen-bond donors (Lipinski definition) is 2. The maximum absolute atomic E-state index is 13.0. The normalized spacial score (nSPS) is 12.7. The van der Waals surface area contributed by atoms with Crippen LogP contribution in [0.1, 0.15) is 39.7 Å². The van der Waals surface area contributed by atoms with Gasteiger partial charge in [0.25, 0.3) is 0 Å². The van der Waals surface area contributed by atoms with Crippen molar-refractivity contribution in [2.75, 3.05) is 36.4 Å². The summed E-state index contributed by atoms with van der Waals surface area (Å²) in [5.74, 6) is -0.0646. The number of carbonyl (C=O) groups excluding carboxylic acids is 3. The lowest BCUT2D eigenvalue weighted by Crippen LogP contribution is -2.52. The molecule has 0 aliphatic rings. The highest BCUT2D eigenvalue weighted by atomic mass is 35.5. The van der Waals surface area contributed by atoms with Gasteiger partial charge < -0.3 is 20.3 Å². The van der Waals surface area contributed by atoms with Crippen LogP contribution in [0.2, 0.25) is 0 Å². The largest absolute Gasteiger partial charge is 0.464 e. The molecular weight excluding hydrogens is 453 g/mol. The van der Waals surface area contributed by atoms with Gasteiger partial charge in [-0.2, -0.15) is 0 Å². The number of anilines is 1. The standard InChI is InChI=1S/C23H35Cl2N3O4/c1-5-32-23(31)21(14-16(2)3)27-22(30)20(26-17(4)29)15-18-6-8-19(9-7-18)28(12-10-24)13-11-25/h6-9,16,20-21H,5,10-15H2,1-4H3,(H,26,29)(H,27,30). The van der Waals surface area contributed by atoms with E-state index in [1.807, 2.05) is 38.1 Å². The first kappa shape index (κ1) is 28.0. The molecule has 0 fully saturated rings. The fourth-order valence-electron chi connectivity index (χ4n) is 3.31.